The van der Waals surface area contributed by atoms with Crippen LogP contribution >= 0.6 is 0 Å². The number of aliphatic hydroxyl groups excluding tert-OH is 2. The fourth-order valence-electron chi connectivity index (χ4n) is 0.823. The largest absolute Gasteiger partial charge is 0.464 e. The number of esters is 2. The van der Waals surface area contributed by atoms with Gasteiger partial charge in [0.2, 0.25) is 0 Å². The highest BCUT2D eigenvalue weighted by Gasteiger charge is 2.16. The lowest BCUT2D eigenvalue weighted by molar-refractivity contribution is -0.151. The van der Waals surface area contributed by atoms with Crippen LogP contribution < -0.4 is 0 Å². The van der Waals surface area contributed by atoms with Crippen LogP contribution in [-0.2, 0) is 19.1 Å². The van der Waals surface area contributed by atoms with E-state index in [1.54, 1.807) is 13.8 Å². The van der Waals surface area contributed by atoms with Gasteiger partial charge in [0.15, 0.2) is 12.2 Å². The van der Waals surface area contributed by atoms with Gasteiger partial charge in [-0.3, -0.25) is 0 Å². The number of hydrogen-bond acceptors (Lipinski definition) is 6. The molecule has 0 spiro atoms. The first-order valence-corrected chi connectivity index (χ1v) is 4.90. The molecule has 0 bridgehead atoms. The summed E-state index contributed by atoms with van der Waals surface area (Å²) in [5.74, 6) is -1.68. The Labute approximate surface area is 93.5 Å². The molecular weight excluding hydrogens is 216 g/mol. The molecule has 0 fully saturated rings. The Balaban J connectivity index is 4.15. The Bertz CT molecular complexity index is 234. The van der Waals surface area contributed by atoms with Crippen molar-refractivity contribution >= 4 is 11.9 Å². The van der Waals surface area contributed by atoms with Crippen LogP contribution in [0.1, 0.15) is 13.8 Å². The van der Waals surface area contributed by atoms with Crippen LogP contribution in [0, 0.1) is 0 Å². The molecule has 0 saturated carbocycles. The van der Waals surface area contributed by atoms with Crippen molar-refractivity contribution in [3.05, 3.63) is 12.2 Å². The van der Waals surface area contributed by atoms with E-state index in [0.29, 0.717) is 0 Å². The zero-order valence-corrected chi connectivity index (χ0v) is 9.25. The Morgan fingerprint density at radius 3 is 1.56 bits per heavy atom. The molecule has 0 aliphatic carbocycles. The number of carbonyl (C=O) groups excluding carboxylic acids is 2. The fraction of sp³-hybridized carbons (Fsp3) is 0.600. The van der Waals surface area contributed by atoms with E-state index in [2.05, 4.69) is 9.47 Å². The van der Waals surface area contributed by atoms with Crippen molar-refractivity contribution < 1.29 is 29.3 Å². The first-order chi connectivity index (χ1) is 7.52. The van der Waals surface area contributed by atoms with Crippen molar-refractivity contribution in [1.29, 1.82) is 0 Å². The van der Waals surface area contributed by atoms with Crippen LogP contribution in [0.3, 0.4) is 0 Å². The molecule has 2 atom stereocenters. The first-order valence-electron chi connectivity index (χ1n) is 4.90. The lowest BCUT2D eigenvalue weighted by Crippen LogP contribution is -2.24. The number of aliphatic hydroxyl groups is 2. The summed E-state index contributed by atoms with van der Waals surface area (Å²) in [7, 11) is 0. The van der Waals surface area contributed by atoms with Crippen molar-refractivity contribution in [3.63, 3.8) is 0 Å². The molecule has 6 nitrogen and oxygen atoms in total. The molecule has 0 rings (SSSR count). The summed E-state index contributed by atoms with van der Waals surface area (Å²) < 4.78 is 9.01. The fourth-order valence-corrected chi connectivity index (χ4v) is 0.823. The second-order valence-corrected chi connectivity index (χ2v) is 2.78. The summed E-state index contributed by atoms with van der Waals surface area (Å²) in [6.45, 7) is 3.48. The normalized spacial score (nSPS) is 14.5. The Morgan fingerprint density at radius 2 is 1.31 bits per heavy atom. The van der Waals surface area contributed by atoms with E-state index in [1.807, 2.05) is 0 Å². The van der Waals surface area contributed by atoms with Gasteiger partial charge in [-0.25, -0.2) is 9.59 Å². The predicted molar refractivity (Wildman–Crippen MR) is 54.4 cm³/mol. The second-order valence-electron chi connectivity index (χ2n) is 2.78. The first kappa shape index (κ1) is 14.6. The summed E-state index contributed by atoms with van der Waals surface area (Å²) in [5.41, 5.74) is 0. The van der Waals surface area contributed by atoms with Gasteiger partial charge in [0.1, 0.15) is 0 Å². The summed E-state index contributed by atoms with van der Waals surface area (Å²) in [5, 5.41) is 18.4. The number of ether oxygens (including phenoxy) is 2. The Kier molecular flexibility index (Phi) is 7.15. The molecule has 92 valence electrons. The zero-order valence-electron chi connectivity index (χ0n) is 9.25. The van der Waals surface area contributed by atoms with Crippen LogP contribution in [0.2, 0.25) is 0 Å². The van der Waals surface area contributed by atoms with Gasteiger partial charge in [-0.15, -0.1) is 0 Å². The molecule has 0 aliphatic heterocycles. The van der Waals surface area contributed by atoms with Crippen LogP contribution in [0.15, 0.2) is 12.2 Å². The van der Waals surface area contributed by atoms with E-state index in [0.717, 1.165) is 12.2 Å². The molecule has 0 aliphatic rings. The van der Waals surface area contributed by atoms with Gasteiger partial charge in [-0.05, 0) is 26.0 Å². The monoisotopic (exact) mass is 232 g/mol. The second kappa shape index (κ2) is 7.84. The quantitative estimate of drug-likeness (QED) is 0.469. The minimum atomic E-state index is -1.50. The molecule has 0 radical (unpaired) electrons. The van der Waals surface area contributed by atoms with Crippen molar-refractivity contribution in [3.8, 4) is 0 Å². The van der Waals surface area contributed by atoms with Crippen LogP contribution in [0.4, 0.5) is 0 Å². The van der Waals surface area contributed by atoms with Gasteiger partial charge >= 0.3 is 11.9 Å². The lowest BCUT2D eigenvalue weighted by Gasteiger charge is -2.07. The van der Waals surface area contributed by atoms with E-state index < -0.39 is 24.1 Å². The summed E-state index contributed by atoms with van der Waals surface area (Å²) in [6, 6.07) is 0. The van der Waals surface area contributed by atoms with Crippen molar-refractivity contribution in [2.75, 3.05) is 13.2 Å². The lowest BCUT2D eigenvalue weighted by atomic mass is 10.2. The van der Waals surface area contributed by atoms with Crippen LogP contribution in [0.5, 0.6) is 0 Å². The van der Waals surface area contributed by atoms with Crippen molar-refractivity contribution in [2.45, 2.75) is 26.1 Å². The Morgan fingerprint density at radius 1 is 1.00 bits per heavy atom. The summed E-state index contributed by atoms with van der Waals surface area (Å²) in [6.07, 6.45) is -1.05. The average Bonchev–Trinajstić information content (AvgIpc) is 2.25. The van der Waals surface area contributed by atoms with Gasteiger partial charge in [0.25, 0.3) is 0 Å². The molecule has 0 aromatic carbocycles. The maximum atomic E-state index is 10.9. The van der Waals surface area contributed by atoms with Gasteiger partial charge in [0, 0.05) is 0 Å². The summed E-state index contributed by atoms with van der Waals surface area (Å²) >= 11 is 0. The van der Waals surface area contributed by atoms with Gasteiger partial charge in [-0.2, -0.15) is 0 Å². The van der Waals surface area contributed by atoms with Gasteiger partial charge < -0.3 is 19.7 Å². The molecule has 16 heavy (non-hydrogen) atoms. The SMILES string of the molecule is CCOC(=O)C(O)/C=C/C(O)C(=O)OCC. The molecule has 0 saturated heterocycles. The molecule has 0 amide bonds. The molecule has 0 aromatic heterocycles. The van der Waals surface area contributed by atoms with Gasteiger partial charge in [0.05, 0.1) is 13.2 Å². The minimum Gasteiger partial charge on any atom is -0.464 e. The average molecular weight is 232 g/mol. The van der Waals surface area contributed by atoms with Crippen LogP contribution in [0.25, 0.3) is 0 Å². The number of rotatable bonds is 6. The van der Waals surface area contributed by atoms with E-state index in [1.165, 1.54) is 0 Å². The van der Waals surface area contributed by atoms with E-state index >= 15 is 0 Å². The van der Waals surface area contributed by atoms with Gasteiger partial charge in [-0.1, -0.05) is 0 Å². The van der Waals surface area contributed by atoms with Crippen molar-refractivity contribution in [2.24, 2.45) is 0 Å². The maximum Gasteiger partial charge on any atom is 0.338 e. The molecule has 2 N–H and O–H groups in total. The molecule has 2 unspecified atom stereocenters. The number of carbonyl (C=O) groups is 2. The Hall–Kier alpha value is -1.40. The number of hydrogen-bond donors (Lipinski definition) is 2. The topological polar surface area (TPSA) is 93.1 Å². The molecule has 0 aromatic rings. The predicted octanol–water partition coefficient (Wildman–Crippen LogP) is -0.609. The third kappa shape index (κ3) is 5.47. The third-order valence-corrected chi connectivity index (χ3v) is 1.53. The smallest absolute Gasteiger partial charge is 0.338 e. The highest BCUT2D eigenvalue weighted by atomic mass is 16.5. The third-order valence-electron chi connectivity index (χ3n) is 1.53. The minimum absolute atomic E-state index is 0.143. The highest BCUT2D eigenvalue weighted by Crippen LogP contribution is 1.96. The van der Waals surface area contributed by atoms with E-state index in [9.17, 15) is 19.8 Å². The van der Waals surface area contributed by atoms with Crippen LogP contribution in [-0.4, -0.2) is 47.6 Å². The maximum absolute atomic E-state index is 10.9. The molecule has 6 heteroatoms. The van der Waals surface area contributed by atoms with Crippen molar-refractivity contribution in [1.82, 2.24) is 0 Å². The summed E-state index contributed by atoms with van der Waals surface area (Å²) in [4.78, 5) is 21.9. The van der Waals surface area contributed by atoms with E-state index in [4.69, 9.17) is 0 Å². The zero-order chi connectivity index (χ0) is 12.6. The highest BCUT2D eigenvalue weighted by molar-refractivity contribution is 5.78. The van der Waals surface area contributed by atoms with E-state index in [-0.39, 0.29) is 13.2 Å². The standard InChI is InChI=1S/C10H16O6/c1-3-15-9(13)7(11)5-6-8(12)10(14)16-4-2/h5-8,11-12H,3-4H2,1-2H3/b6-5+. The molecular formula is C10H16O6. The molecule has 0 heterocycles.